The lowest BCUT2D eigenvalue weighted by atomic mass is 9.94. The van der Waals surface area contributed by atoms with Gasteiger partial charge in [-0.2, -0.15) is 0 Å². The molecule has 2 aromatic heterocycles. The van der Waals surface area contributed by atoms with Gasteiger partial charge in [0.25, 0.3) is 0 Å². The fourth-order valence-electron chi connectivity index (χ4n) is 6.46. The molecule has 0 N–H and O–H groups in total. The Morgan fingerprint density at radius 3 is 2.02 bits per heavy atom. The van der Waals surface area contributed by atoms with Crippen molar-refractivity contribution in [2.45, 2.75) is 12.5 Å². The minimum absolute atomic E-state index is 0.186. The van der Waals surface area contributed by atoms with E-state index in [4.69, 9.17) is 4.98 Å². The standard InChI is InChI=1S/C41H30BrN3/c42-33-18-24-37(25-19-33)44(35-20-13-30(14-21-35)29-8-3-1-4-9-29)36-22-15-31(16-23-36)32-17-26-40-39(28-32)38-12-7-27-43-41(38)45(40)34-10-5-2-6-11-34/h1-22,24-28,36H,23H2. The smallest absolute Gasteiger partial charge is 0.145 e. The minimum atomic E-state index is 0.186. The fraction of sp³-hybridized carbons (Fsp3) is 0.0488. The lowest BCUT2D eigenvalue weighted by molar-refractivity contribution is 0.787. The molecule has 1 aliphatic carbocycles. The third kappa shape index (κ3) is 5.17. The molecule has 0 saturated heterocycles. The van der Waals surface area contributed by atoms with E-state index in [1.165, 1.54) is 39.0 Å². The number of para-hydroxylation sites is 1. The molecule has 0 fully saturated rings. The Hall–Kier alpha value is -5.19. The summed E-state index contributed by atoms with van der Waals surface area (Å²) in [6.45, 7) is 0. The van der Waals surface area contributed by atoms with Crippen molar-refractivity contribution >= 4 is 54.8 Å². The first-order chi connectivity index (χ1) is 22.2. The molecule has 45 heavy (non-hydrogen) atoms. The average Bonchev–Trinajstić information content (AvgIpc) is 3.44. The Kier molecular flexibility index (Phi) is 7.13. The van der Waals surface area contributed by atoms with Gasteiger partial charge in [-0.1, -0.05) is 101 Å². The van der Waals surface area contributed by atoms with E-state index >= 15 is 0 Å². The van der Waals surface area contributed by atoms with Gasteiger partial charge in [0.2, 0.25) is 0 Å². The van der Waals surface area contributed by atoms with Gasteiger partial charge < -0.3 is 4.90 Å². The zero-order valence-corrected chi connectivity index (χ0v) is 26.2. The zero-order valence-electron chi connectivity index (χ0n) is 24.6. The van der Waals surface area contributed by atoms with Crippen LogP contribution in [-0.4, -0.2) is 15.6 Å². The van der Waals surface area contributed by atoms with Crippen LogP contribution in [0.25, 0.3) is 44.3 Å². The van der Waals surface area contributed by atoms with Crippen LogP contribution in [0.3, 0.4) is 0 Å². The number of anilines is 2. The number of halogens is 1. The molecule has 0 amide bonds. The van der Waals surface area contributed by atoms with Crippen molar-refractivity contribution in [1.29, 1.82) is 0 Å². The molecule has 2 heterocycles. The number of benzene rings is 5. The van der Waals surface area contributed by atoms with E-state index in [9.17, 15) is 0 Å². The molecule has 0 bridgehead atoms. The summed E-state index contributed by atoms with van der Waals surface area (Å²) < 4.78 is 3.33. The Morgan fingerprint density at radius 2 is 1.31 bits per heavy atom. The number of hydrogen-bond acceptors (Lipinski definition) is 2. The van der Waals surface area contributed by atoms with E-state index in [2.05, 4.69) is 177 Å². The molecule has 1 aliphatic rings. The molecule has 0 radical (unpaired) electrons. The summed E-state index contributed by atoms with van der Waals surface area (Å²) in [6, 6.07) is 49.7. The predicted molar refractivity (Wildman–Crippen MR) is 192 cm³/mol. The lowest BCUT2D eigenvalue weighted by Gasteiger charge is -2.33. The Bertz CT molecular complexity index is 2180. The van der Waals surface area contributed by atoms with E-state index in [0.29, 0.717) is 0 Å². The van der Waals surface area contributed by atoms with E-state index in [1.54, 1.807) is 0 Å². The van der Waals surface area contributed by atoms with Gasteiger partial charge in [0.05, 0.1) is 11.6 Å². The molecule has 0 saturated carbocycles. The number of nitrogens with zero attached hydrogens (tertiary/aromatic N) is 3. The van der Waals surface area contributed by atoms with Crippen molar-refractivity contribution in [2.75, 3.05) is 4.90 Å². The van der Waals surface area contributed by atoms with Crippen molar-refractivity contribution in [3.63, 3.8) is 0 Å². The highest BCUT2D eigenvalue weighted by Gasteiger charge is 2.21. The molecule has 3 nitrogen and oxygen atoms in total. The molecule has 0 spiro atoms. The van der Waals surface area contributed by atoms with Crippen LogP contribution in [0, 0.1) is 0 Å². The molecule has 7 aromatic rings. The van der Waals surface area contributed by atoms with Gasteiger partial charge in [0, 0.05) is 38.5 Å². The number of aromatic nitrogens is 2. The zero-order chi connectivity index (χ0) is 30.2. The molecular weight excluding hydrogens is 614 g/mol. The molecule has 4 heteroatoms. The van der Waals surface area contributed by atoms with Gasteiger partial charge in [0.15, 0.2) is 0 Å². The van der Waals surface area contributed by atoms with Crippen LogP contribution in [0.15, 0.2) is 168 Å². The summed E-state index contributed by atoms with van der Waals surface area (Å²) in [6.07, 6.45) is 9.79. The van der Waals surface area contributed by atoms with E-state index in [0.717, 1.165) is 33.1 Å². The molecule has 8 rings (SSSR count). The average molecular weight is 645 g/mol. The van der Waals surface area contributed by atoms with Gasteiger partial charge >= 0.3 is 0 Å². The van der Waals surface area contributed by atoms with Crippen molar-refractivity contribution in [1.82, 2.24) is 9.55 Å². The number of hydrogen-bond donors (Lipinski definition) is 0. The van der Waals surface area contributed by atoms with Gasteiger partial charge in [-0.05, 0) is 101 Å². The molecule has 216 valence electrons. The molecular formula is C41H30BrN3. The SMILES string of the molecule is Brc1ccc(N(c2ccc(-c3ccccc3)cc2)C2C=CC(c3ccc4c(c3)c3cccnc3n4-c3ccccc3)=CC2)cc1. The topological polar surface area (TPSA) is 21.1 Å². The number of pyridine rings is 1. The first-order valence-corrected chi connectivity index (χ1v) is 16.1. The van der Waals surface area contributed by atoms with Crippen LogP contribution in [0.1, 0.15) is 12.0 Å². The first-order valence-electron chi connectivity index (χ1n) is 15.3. The first kappa shape index (κ1) is 27.4. The van der Waals surface area contributed by atoms with Crippen LogP contribution >= 0.6 is 15.9 Å². The van der Waals surface area contributed by atoms with Gasteiger partial charge in [-0.15, -0.1) is 0 Å². The molecule has 0 aliphatic heterocycles. The monoisotopic (exact) mass is 643 g/mol. The maximum Gasteiger partial charge on any atom is 0.145 e. The quantitative estimate of drug-likeness (QED) is 0.180. The maximum absolute atomic E-state index is 4.78. The van der Waals surface area contributed by atoms with Gasteiger partial charge in [-0.25, -0.2) is 4.98 Å². The third-order valence-corrected chi connectivity index (χ3v) is 9.17. The molecule has 1 unspecified atom stereocenters. The lowest BCUT2D eigenvalue weighted by Crippen LogP contribution is -2.30. The highest BCUT2D eigenvalue weighted by molar-refractivity contribution is 9.10. The van der Waals surface area contributed by atoms with Gasteiger partial charge in [-0.3, -0.25) is 4.57 Å². The summed E-state index contributed by atoms with van der Waals surface area (Å²) in [5.74, 6) is 0. The Morgan fingerprint density at radius 1 is 0.644 bits per heavy atom. The van der Waals surface area contributed by atoms with Crippen molar-refractivity contribution in [3.8, 4) is 16.8 Å². The van der Waals surface area contributed by atoms with E-state index < -0.39 is 0 Å². The highest BCUT2D eigenvalue weighted by Crippen LogP contribution is 2.37. The summed E-state index contributed by atoms with van der Waals surface area (Å²) >= 11 is 3.62. The van der Waals surface area contributed by atoms with Crippen molar-refractivity contribution in [3.05, 3.63) is 174 Å². The maximum atomic E-state index is 4.78. The van der Waals surface area contributed by atoms with Gasteiger partial charge in [0.1, 0.15) is 5.65 Å². The summed E-state index contributed by atoms with van der Waals surface area (Å²) in [5.41, 5.74) is 10.5. The number of rotatable bonds is 6. The van der Waals surface area contributed by atoms with Crippen LogP contribution in [0.2, 0.25) is 0 Å². The predicted octanol–water partition coefficient (Wildman–Crippen LogP) is 11.2. The van der Waals surface area contributed by atoms with E-state index in [1.807, 2.05) is 12.3 Å². The second-order valence-electron chi connectivity index (χ2n) is 11.4. The van der Waals surface area contributed by atoms with Crippen LogP contribution in [0.5, 0.6) is 0 Å². The molecule has 5 aromatic carbocycles. The second-order valence-corrected chi connectivity index (χ2v) is 12.3. The second kappa shape index (κ2) is 11.7. The Labute approximate surface area is 271 Å². The van der Waals surface area contributed by atoms with Crippen molar-refractivity contribution < 1.29 is 0 Å². The minimum Gasteiger partial charge on any atom is -0.334 e. The summed E-state index contributed by atoms with van der Waals surface area (Å²) in [5, 5.41) is 2.38. The van der Waals surface area contributed by atoms with Crippen molar-refractivity contribution in [2.24, 2.45) is 0 Å². The number of allylic oxidation sites excluding steroid dienone is 2. The highest BCUT2D eigenvalue weighted by atomic mass is 79.9. The van der Waals surface area contributed by atoms with E-state index in [-0.39, 0.29) is 6.04 Å². The normalized spacial score (nSPS) is 14.5. The van der Waals surface area contributed by atoms with Crippen LogP contribution in [0.4, 0.5) is 11.4 Å². The summed E-state index contributed by atoms with van der Waals surface area (Å²) in [4.78, 5) is 7.22. The van der Waals surface area contributed by atoms with Crippen LogP contribution in [-0.2, 0) is 0 Å². The largest absolute Gasteiger partial charge is 0.334 e. The Balaban J connectivity index is 1.13. The summed E-state index contributed by atoms with van der Waals surface area (Å²) in [7, 11) is 0. The third-order valence-electron chi connectivity index (χ3n) is 8.64. The number of fused-ring (bicyclic) bond motifs is 3. The fourth-order valence-corrected chi connectivity index (χ4v) is 6.72. The van der Waals surface area contributed by atoms with Crippen LogP contribution < -0.4 is 4.90 Å². The molecule has 1 atom stereocenters.